The molecule has 0 fully saturated rings. The van der Waals surface area contributed by atoms with E-state index in [1.807, 2.05) is 40.8 Å². The van der Waals surface area contributed by atoms with Crippen molar-refractivity contribution in [3.8, 4) is 22.8 Å². The number of aromatic nitrogens is 1. The summed E-state index contributed by atoms with van der Waals surface area (Å²) in [7, 11) is 0. The summed E-state index contributed by atoms with van der Waals surface area (Å²) in [5.74, 6) is 3.27. The Labute approximate surface area is 284 Å². The number of carbonyl (C=O) groups is 1. The van der Waals surface area contributed by atoms with Crippen LogP contribution in [-0.2, 0) is 31.3 Å². The molecule has 1 aliphatic heterocycles. The third-order valence-electron chi connectivity index (χ3n) is 9.43. The van der Waals surface area contributed by atoms with Gasteiger partial charge in [-0.25, -0.2) is 0 Å². The number of hydrogen-bond acceptors (Lipinski definition) is 4. The first-order valence-electron chi connectivity index (χ1n) is 16.5. The van der Waals surface area contributed by atoms with E-state index in [9.17, 15) is 9.90 Å². The number of nitrogens with zero attached hydrogens (tertiary/aromatic N) is 1. The quantitative estimate of drug-likeness (QED) is 0.0870. The van der Waals surface area contributed by atoms with Crippen molar-refractivity contribution in [2.45, 2.75) is 100 Å². The molecule has 0 spiro atoms. The van der Waals surface area contributed by atoms with Gasteiger partial charge in [0.25, 0.3) is 0 Å². The van der Waals surface area contributed by atoms with Gasteiger partial charge in [-0.15, -0.1) is 17.5 Å². The molecular formula is C40H50IrNO3-. The normalized spacial score (nSPS) is 12.6. The van der Waals surface area contributed by atoms with Crippen molar-refractivity contribution < 1.29 is 34.7 Å². The van der Waals surface area contributed by atoms with E-state index in [4.69, 9.17) is 9.72 Å². The van der Waals surface area contributed by atoms with Gasteiger partial charge in [-0.1, -0.05) is 103 Å². The van der Waals surface area contributed by atoms with E-state index >= 15 is 0 Å². The standard InChI is InChI=1S/C26H24NO.C14H26O2.Ir/c1-15(2)11-21-20-8-6-5-7-17(20)13-22-25-24-18(9-10-27-25)12-19(16(3)4)14-23(24)28-26(21)22;1-6-11(7-2)12(15)10-13(16)14(5,8-3)9-4;/h5-10,12,14-16H,11H2,1-4H3;10-11,15H,6-9H2,1-5H3;/q-1;;/b;12-10-;. The van der Waals surface area contributed by atoms with Crippen molar-refractivity contribution in [3.05, 3.63) is 77.7 Å². The number of hydrogen-bond donors (Lipinski definition) is 1. The van der Waals surface area contributed by atoms with Crippen LogP contribution in [0.4, 0.5) is 0 Å². The molecule has 2 heterocycles. The van der Waals surface area contributed by atoms with Crippen molar-refractivity contribution in [3.63, 3.8) is 0 Å². The van der Waals surface area contributed by atoms with Crippen LogP contribution in [0.2, 0.25) is 0 Å². The molecule has 4 nitrogen and oxygen atoms in total. The summed E-state index contributed by atoms with van der Waals surface area (Å²) < 4.78 is 6.61. The molecule has 1 radical (unpaired) electrons. The first-order valence-corrected chi connectivity index (χ1v) is 16.5. The number of benzene rings is 3. The molecule has 1 aliphatic rings. The van der Waals surface area contributed by atoms with Crippen LogP contribution in [0.3, 0.4) is 0 Å². The zero-order chi connectivity index (χ0) is 32.2. The van der Waals surface area contributed by atoms with Crippen molar-refractivity contribution in [1.29, 1.82) is 0 Å². The van der Waals surface area contributed by atoms with Crippen LogP contribution in [0.25, 0.3) is 32.8 Å². The van der Waals surface area contributed by atoms with Crippen LogP contribution in [0.1, 0.15) is 105 Å². The summed E-state index contributed by atoms with van der Waals surface area (Å²) in [6.45, 7) is 19.0. The molecule has 1 N–H and O–H groups in total. The third kappa shape index (κ3) is 7.69. The number of aliphatic hydroxyl groups excluding tert-OH is 1. The van der Waals surface area contributed by atoms with Gasteiger partial charge in [0.05, 0.1) is 11.5 Å². The second kappa shape index (κ2) is 15.5. The van der Waals surface area contributed by atoms with Gasteiger partial charge in [-0.2, -0.15) is 0 Å². The maximum absolute atomic E-state index is 12.0. The molecule has 243 valence electrons. The average molecular weight is 785 g/mol. The summed E-state index contributed by atoms with van der Waals surface area (Å²) in [5.41, 5.74) is 4.21. The van der Waals surface area contributed by atoms with E-state index in [0.29, 0.717) is 11.8 Å². The van der Waals surface area contributed by atoms with E-state index in [2.05, 4.69) is 76.2 Å². The summed E-state index contributed by atoms with van der Waals surface area (Å²) in [5, 5.41) is 14.5. The monoisotopic (exact) mass is 785 g/mol. The Kier molecular flexibility index (Phi) is 12.6. The topological polar surface area (TPSA) is 59.4 Å². The first-order chi connectivity index (χ1) is 21.0. The number of carbonyl (C=O) groups excluding carboxylic acids is 1. The van der Waals surface area contributed by atoms with Crippen molar-refractivity contribution in [2.24, 2.45) is 17.3 Å². The predicted molar refractivity (Wildman–Crippen MR) is 185 cm³/mol. The SMILES string of the molecule is CC(C)Cc1c2c([c-]c3ccccc13)-c1nccc3cc(C(C)C)cc(c13)O2.CCC(CC)/C(O)=C/C(=O)C(C)(CC)CC.[Ir]. The van der Waals surface area contributed by atoms with Crippen LogP contribution in [0.5, 0.6) is 11.5 Å². The number of ketones is 1. The summed E-state index contributed by atoms with van der Waals surface area (Å²) in [4.78, 5) is 16.8. The Bertz CT molecular complexity index is 1660. The minimum Gasteiger partial charge on any atom is -0.512 e. The number of aliphatic hydroxyl groups is 1. The largest absolute Gasteiger partial charge is 0.512 e. The van der Waals surface area contributed by atoms with Gasteiger partial charge in [-0.3, -0.25) is 9.78 Å². The minimum atomic E-state index is -0.319. The van der Waals surface area contributed by atoms with Crippen LogP contribution in [-0.4, -0.2) is 15.9 Å². The number of pyridine rings is 1. The van der Waals surface area contributed by atoms with E-state index < -0.39 is 0 Å². The molecule has 4 aromatic rings. The first kappa shape index (κ1) is 36.5. The van der Waals surface area contributed by atoms with Gasteiger partial charge >= 0.3 is 0 Å². The van der Waals surface area contributed by atoms with Gasteiger partial charge in [0.2, 0.25) is 0 Å². The van der Waals surface area contributed by atoms with Crippen LogP contribution < -0.4 is 4.74 Å². The Morgan fingerprint density at radius 3 is 2.29 bits per heavy atom. The fourth-order valence-electron chi connectivity index (χ4n) is 5.96. The molecule has 5 rings (SSSR count). The Morgan fingerprint density at radius 1 is 1.02 bits per heavy atom. The number of ether oxygens (including phenoxy) is 1. The third-order valence-corrected chi connectivity index (χ3v) is 9.43. The van der Waals surface area contributed by atoms with Gasteiger partial charge in [0, 0.05) is 54.8 Å². The Morgan fingerprint density at radius 2 is 1.69 bits per heavy atom. The fourth-order valence-corrected chi connectivity index (χ4v) is 5.96. The maximum Gasteiger partial charge on any atom is 0.164 e. The molecule has 5 heteroatoms. The zero-order valence-corrected chi connectivity index (χ0v) is 30.9. The Balaban J connectivity index is 0.000000282. The summed E-state index contributed by atoms with van der Waals surface area (Å²) in [6, 6.07) is 18.6. The average Bonchev–Trinajstić information content (AvgIpc) is 3.01. The molecular weight excluding hydrogens is 735 g/mol. The number of allylic oxidation sites excluding steroid dienone is 2. The molecule has 0 amide bonds. The molecule has 0 aliphatic carbocycles. The molecule has 0 bridgehead atoms. The summed E-state index contributed by atoms with van der Waals surface area (Å²) >= 11 is 0. The fraction of sp³-hybridized carbons (Fsp3) is 0.450. The van der Waals surface area contributed by atoms with Gasteiger partial charge in [0.1, 0.15) is 5.75 Å². The van der Waals surface area contributed by atoms with E-state index in [0.717, 1.165) is 65.6 Å². The molecule has 1 aromatic heterocycles. The molecule has 45 heavy (non-hydrogen) atoms. The zero-order valence-electron chi connectivity index (χ0n) is 28.5. The molecule has 0 atom stereocenters. The van der Waals surface area contributed by atoms with Crippen molar-refractivity contribution >= 4 is 27.3 Å². The van der Waals surface area contributed by atoms with E-state index in [-0.39, 0.29) is 43.0 Å². The number of fused-ring (bicyclic) bond motifs is 3. The smallest absolute Gasteiger partial charge is 0.164 e. The molecule has 0 saturated heterocycles. The van der Waals surface area contributed by atoms with Crippen LogP contribution in [0.15, 0.2) is 60.5 Å². The van der Waals surface area contributed by atoms with Crippen molar-refractivity contribution in [2.75, 3.05) is 0 Å². The van der Waals surface area contributed by atoms with Crippen LogP contribution >= 0.6 is 0 Å². The molecule has 0 saturated carbocycles. The van der Waals surface area contributed by atoms with Gasteiger partial charge < -0.3 is 9.84 Å². The number of rotatable bonds is 10. The van der Waals surface area contributed by atoms with Gasteiger partial charge in [0.15, 0.2) is 5.78 Å². The second-order valence-electron chi connectivity index (χ2n) is 13.2. The minimum absolute atomic E-state index is 0. The second-order valence-corrected chi connectivity index (χ2v) is 13.2. The van der Waals surface area contributed by atoms with Crippen LogP contribution in [0, 0.1) is 23.3 Å². The maximum atomic E-state index is 12.0. The molecule has 3 aromatic carbocycles. The molecule has 0 unspecified atom stereocenters. The predicted octanol–water partition coefficient (Wildman–Crippen LogP) is 11.5. The Hall–Kier alpha value is -3.01. The summed E-state index contributed by atoms with van der Waals surface area (Å²) in [6.07, 6.45) is 7.70. The van der Waals surface area contributed by atoms with E-state index in [1.54, 1.807) is 0 Å². The van der Waals surface area contributed by atoms with Gasteiger partial charge in [-0.05, 0) is 67.0 Å². The van der Waals surface area contributed by atoms with Crippen molar-refractivity contribution in [1.82, 2.24) is 4.98 Å². The van der Waals surface area contributed by atoms with E-state index in [1.165, 1.54) is 28.0 Å².